The summed E-state index contributed by atoms with van der Waals surface area (Å²) in [6, 6.07) is 7.43. The van der Waals surface area contributed by atoms with Crippen molar-refractivity contribution in [1.29, 1.82) is 0 Å². The Morgan fingerprint density at radius 1 is 1.16 bits per heavy atom. The van der Waals surface area contributed by atoms with Gasteiger partial charge in [-0.2, -0.15) is 0 Å². The zero-order chi connectivity index (χ0) is 13.2. The van der Waals surface area contributed by atoms with Crippen molar-refractivity contribution in [3.8, 4) is 0 Å². The summed E-state index contributed by atoms with van der Waals surface area (Å²) in [7, 11) is 0. The van der Waals surface area contributed by atoms with Crippen LogP contribution in [0.1, 0.15) is 43.4 Å². The normalized spacial score (nSPS) is 24.1. The molecule has 1 aromatic carbocycles. The molecule has 2 N–H and O–H groups in total. The summed E-state index contributed by atoms with van der Waals surface area (Å²) in [5.74, 6) is 0.587. The maximum absolute atomic E-state index is 3.64. The number of fused-ring (bicyclic) bond motifs is 1. The van der Waals surface area contributed by atoms with Gasteiger partial charge in [0.1, 0.15) is 0 Å². The molecule has 0 radical (unpaired) electrons. The van der Waals surface area contributed by atoms with Crippen LogP contribution in [0.25, 0.3) is 0 Å². The molecule has 0 saturated carbocycles. The predicted molar refractivity (Wildman–Crippen MR) is 80.8 cm³/mol. The number of hydrogen-bond donors (Lipinski definition) is 2. The monoisotopic (exact) mass is 259 g/mol. The fourth-order valence-electron chi connectivity index (χ4n) is 3.41. The van der Waals surface area contributed by atoms with Gasteiger partial charge < -0.3 is 10.6 Å². The topological polar surface area (TPSA) is 27.3 Å². The van der Waals surface area contributed by atoms with Gasteiger partial charge in [-0.1, -0.05) is 32.0 Å². The molecule has 1 aromatic rings. The minimum absolute atomic E-state index is 0.587. The highest BCUT2D eigenvalue weighted by Crippen LogP contribution is 2.38. The lowest BCUT2D eigenvalue weighted by Gasteiger charge is -2.39. The number of piperazine rings is 1. The quantitative estimate of drug-likeness (QED) is 0.855. The standard InChI is InChI=1S/C16H25N3/c1-12(2)13-4-3-5-14-15(6-7-18-16(13)14)19-10-8-17-9-11-19/h3-5,12,15,17-18H,6-11H2,1-2H3. The van der Waals surface area contributed by atoms with Crippen molar-refractivity contribution < 1.29 is 0 Å². The van der Waals surface area contributed by atoms with E-state index in [9.17, 15) is 0 Å². The lowest BCUT2D eigenvalue weighted by atomic mass is 9.89. The van der Waals surface area contributed by atoms with Crippen LogP contribution in [-0.4, -0.2) is 37.6 Å². The van der Waals surface area contributed by atoms with Crippen molar-refractivity contribution >= 4 is 5.69 Å². The molecule has 1 atom stereocenters. The second kappa shape index (κ2) is 5.51. The molecule has 0 aromatic heterocycles. The number of anilines is 1. The minimum atomic E-state index is 0.587. The van der Waals surface area contributed by atoms with Gasteiger partial charge in [0.2, 0.25) is 0 Å². The van der Waals surface area contributed by atoms with Crippen LogP contribution in [-0.2, 0) is 0 Å². The zero-order valence-electron chi connectivity index (χ0n) is 12.1. The van der Waals surface area contributed by atoms with Crippen molar-refractivity contribution in [2.75, 3.05) is 38.0 Å². The zero-order valence-corrected chi connectivity index (χ0v) is 12.1. The molecule has 1 saturated heterocycles. The third-order valence-corrected chi connectivity index (χ3v) is 4.42. The number of nitrogens with one attached hydrogen (secondary N) is 2. The molecule has 3 heteroatoms. The first-order chi connectivity index (χ1) is 9.27. The van der Waals surface area contributed by atoms with Crippen molar-refractivity contribution in [2.45, 2.75) is 32.2 Å². The maximum Gasteiger partial charge on any atom is 0.0423 e. The van der Waals surface area contributed by atoms with Gasteiger partial charge in [0.15, 0.2) is 0 Å². The SMILES string of the molecule is CC(C)c1cccc2c1NCCC2N1CCNCC1. The fourth-order valence-corrected chi connectivity index (χ4v) is 3.41. The highest BCUT2D eigenvalue weighted by molar-refractivity contribution is 5.61. The van der Waals surface area contributed by atoms with Crippen molar-refractivity contribution in [3.05, 3.63) is 29.3 Å². The molecule has 0 amide bonds. The smallest absolute Gasteiger partial charge is 0.0423 e. The second-order valence-corrected chi connectivity index (χ2v) is 5.98. The number of rotatable bonds is 2. The summed E-state index contributed by atoms with van der Waals surface area (Å²) in [5, 5.41) is 7.09. The molecule has 104 valence electrons. The van der Waals surface area contributed by atoms with Gasteiger partial charge in [0.25, 0.3) is 0 Å². The van der Waals surface area contributed by atoms with E-state index < -0.39 is 0 Å². The number of benzene rings is 1. The molecule has 1 unspecified atom stereocenters. The van der Waals surface area contributed by atoms with Crippen molar-refractivity contribution in [1.82, 2.24) is 10.2 Å². The molecule has 0 bridgehead atoms. The van der Waals surface area contributed by atoms with Gasteiger partial charge in [-0.05, 0) is 23.5 Å². The average Bonchev–Trinajstić information content (AvgIpc) is 2.46. The molecule has 2 aliphatic heterocycles. The Hall–Kier alpha value is -1.06. The molecular formula is C16H25N3. The molecule has 2 aliphatic rings. The minimum Gasteiger partial charge on any atom is -0.384 e. The first-order valence-corrected chi connectivity index (χ1v) is 7.59. The number of para-hydroxylation sites is 1. The largest absolute Gasteiger partial charge is 0.384 e. The first-order valence-electron chi connectivity index (χ1n) is 7.59. The molecule has 3 nitrogen and oxygen atoms in total. The Balaban J connectivity index is 1.93. The van der Waals surface area contributed by atoms with Gasteiger partial charge in [-0.25, -0.2) is 0 Å². The van der Waals surface area contributed by atoms with E-state index in [0.717, 1.165) is 19.6 Å². The van der Waals surface area contributed by atoms with Crippen LogP contribution in [0.5, 0.6) is 0 Å². The first kappa shape index (κ1) is 12.9. The Bertz CT molecular complexity index is 436. The van der Waals surface area contributed by atoms with Gasteiger partial charge in [-0.3, -0.25) is 4.90 Å². The van der Waals surface area contributed by atoms with E-state index in [1.807, 2.05) is 0 Å². The Labute approximate surface area is 116 Å². The summed E-state index contributed by atoms with van der Waals surface area (Å²) >= 11 is 0. The summed E-state index contributed by atoms with van der Waals surface area (Å²) in [6.45, 7) is 10.3. The molecule has 0 spiro atoms. The molecular weight excluding hydrogens is 234 g/mol. The summed E-state index contributed by atoms with van der Waals surface area (Å²) in [4.78, 5) is 2.65. The lowest BCUT2D eigenvalue weighted by Crippen LogP contribution is -2.46. The molecule has 2 heterocycles. The van der Waals surface area contributed by atoms with Crippen LogP contribution in [0.4, 0.5) is 5.69 Å². The van der Waals surface area contributed by atoms with Crippen molar-refractivity contribution in [3.63, 3.8) is 0 Å². The number of nitrogens with zero attached hydrogens (tertiary/aromatic N) is 1. The van der Waals surface area contributed by atoms with E-state index in [1.54, 1.807) is 0 Å². The summed E-state index contributed by atoms with van der Waals surface area (Å²) in [5.41, 5.74) is 4.39. The van der Waals surface area contributed by atoms with Gasteiger partial charge in [0, 0.05) is 44.5 Å². The summed E-state index contributed by atoms with van der Waals surface area (Å²) < 4.78 is 0. The van der Waals surface area contributed by atoms with Crippen LogP contribution < -0.4 is 10.6 Å². The Kier molecular flexibility index (Phi) is 3.76. The van der Waals surface area contributed by atoms with Gasteiger partial charge >= 0.3 is 0 Å². The van der Waals surface area contributed by atoms with Gasteiger partial charge in [0.05, 0.1) is 0 Å². The summed E-state index contributed by atoms with van der Waals surface area (Å²) in [6.07, 6.45) is 1.23. The van der Waals surface area contributed by atoms with Crippen LogP contribution in [0, 0.1) is 0 Å². The van der Waals surface area contributed by atoms with Crippen LogP contribution in [0.3, 0.4) is 0 Å². The molecule has 19 heavy (non-hydrogen) atoms. The third-order valence-electron chi connectivity index (χ3n) is 4.42. The van der Waals surface area contributed by atoms with E-state index in [4.69, 9.17) is 0 Å². The van der Waals surface area contributed by atoms with Crippen molar-refractivity contribution in [2.24, 2.45) is 0 Å². The molecule has 0 aliphatic carbocycles. The third kappa shape index (κ3) is 2.49. The average molecular weight is 259 g/mol. The van der Waals surface area contributed by atoms with Crippen LogP contribution in [0.15, 0.2) is 18.2 Å². The fraction of sp³-hybridized carbons (Fsp3) is 0.625. The Morgan fingerprint density at radius 2 is 1.95 bits per heavy atom. The Morgan fingerprint density at radius 3 is 2.68 bits per heavy atom. The molecule has 3 rings (SSSR count). The lowest BCUT2D eigenvalue weighted by molar-refractivity contribution is 0.166. The van der Waals surface area contributed by atoms with Crippen LogP contribution in [0.2, 0.25) is 0 Å². The highest BCUT2D eigenvalue weighted by Gasteiger charge is 2.28. The highest BCUT2D eigenvalue weighted by atomic mass is 15.2. The van der Waals surface area contributed by atoms with E-state index >= 15 is 0 Å². The maximum atomic E-state index is 3.64. The number of hydrogen-bond acceptors (Lipinski definition) is 3. The van der Waals surface area contributed by atoms with E-state index in [0.29, 0.717) is 12.0 Å². The second-order valence-electron chi connectivity index (χ2n) is 5.98. The predicted octanol–water partition coefficient (Wildman–Crippen LogP) is 2.57. The molecule has 1 fully saturated rings. The van der Waals surface area contributed by atoms with Gasteiger partial charge in [-0.15, -0.1) is 0 Å². The van der Waals surface area contributed by atoms with E-state index in [-0.39, 0.29) is 0 Å². The van der Waals surface area contributed by atoms with Crippen LogP contribution >= 0.6 is 0 Å². The van der Waals surface area contributed by atoms with E-state index in [2.05, 4.69) is 47.6 Å². The van der Waals surface area contributed by atoms with E-state index in [1.165, 1.54) is 36.3 Å².